The highest BCUT2D eigenvalue weighted by Gasteiger charge is 2.30. The van der Waals surface area contributed by atoms with Crippen molar-refractivity contribution in [3.8, 4) is 11.5 Å². The van der Waals surface area contributed by atoms with Crippen LogP contribution in [0.1, 0.15) is 25.3 Å². The lowest BCUT2D eigenvalue weighted by Crippen LogP contribution is -3.12. The summed E-state index contributed by atoms with van der Waals surface area (Å²) in [5, 5.41) is 0. The minimum absolute atomic E-state index is 0.0142. The molecule has 0 radical (unpaired) electrons. The number of methoxy groups -OCH3 is 2. The Morgan fingerprint density at radius 2 is 2.14 bits per heavy atom. The Morgan fingerprint density at radius 1 is 1.32 bits per heavy atom. The third kappa shape index (κ3) is 3.91. The number of benzene rings is 1. The third-order valence-electron chi connectivity index (χ3n) is 4.16. The number of para-hydroxylation sites is 1. The molecule has 122 valence electrons. The third-order valence-corrected chi connectivity index (χ3v) is 4.16. The molecule has 1 aromatic rings. The summed E-state index contributed by atoms with van der Waals surface area (Å²) in [4.78, 5) is 13.3. The summed E-state index contributed by atoms with van der Waals surface area (Å²) in [6.45, 7) is 5.02. The van der Waals surface area contributed by atoms with Crippen LogP contribution in [0.5, 0.6) is 11.5 Å². The maximum Gasteiger partial charge on any atom is 0.314 e. The predicted molar refractivity (Wildman–Crippen MR) is 83.3 cm³/mol. The van der Waals surface area contributed by atoms with Gasteiger partial charge in [0.15, 0.2) is 11.5 Å². The molecule has 1 aromatic carbocycles. The summed E-state index contributed by atoms with van der Waals surface area (Å²) in [6, 6.07) is 5.93. The molecule has 5 heteroatoms. The van der Waals surface area contributed by atoms with Gasteiger partial charge in [0.05, 0.1) is 39.5 Å². The van der Waals surface area contributed by atoms with E-state index >= 15 is 0 Å². The van der Waals surface area contributed by atoms with Crippen LogP contribution in [0.3, 0.4) is 0 Å². The lowest BCUT2D eigenvalue weighted by atomic mass is 9.97. The Labute approximate surface area is 132 Å². The molecule has 2 rings (SSSR count). The van der Waals surface area contributed by atoms with E-state index in [1.54, 1.807) is 14.2 Å². The van der Waals surface area contributed by atoms with Crippen molar-refractivity contribution in [2.24, 2.45) is 5.92 Å². The van der Waals surface area contributed by atoms with Crippen molar-refractivity contribution >= 4 is 5.97 Å². The minimum Gasteiger partial charge on any atom is -0.493 e. The molecule has 0 spiro atoms. The lowest BCUT2D eigenvalue weighted by molar-refractivity contribution is -0.921. The van der Waals surface area contributed by atoms with E-state index in [-0.39, 0.29) is 11.9 Å². The van der Waals surface area contributed by atoms with Gasteiger partial charge in [-0.1, -0.05) is 6.07 Å². The van der Waals surface area contributed by atoms with Crippen LogP contribution in [0.25, 0.3) is 0 Å². The number of esters is 1. The predicted octanol–water partition coefficient (Wildman–Crippen LogP) is 1.06. The van der Waals surface area contributed by atoms with Crippen molar-refractivity contribution in [2.75, 3.05) is 33.9 Å². The molecule has 1 unspecified atom stereocenters. The van der Waals surface area contributed by atoms with Gasteiger partial charge in [-0.2, -0.15) is 0 Å². The number of piperidine rings is 1. The molecular formula is C17H26NO4+. The molecule has 0 bridgehead atoms. The fourth-order valence-corrected chi connectivity index (χ4v) is 3.14. The van der Waals surface area contributed by atoms with Crippen LogP contribution in [0.4, 0.5) is 0 Å². The smallest absolute Gasteiger partial charge is 0.314 e. The van der Waals surface area contributed by atoms with Crippen LogP contribution in [0, 0.1) is 5.92 Å². The maximum atomic E-state index is 11.9. The van der Waals surface area contributed by atoms with Crippen molar-refractivity contribution in [1.82, 2.24) is 0 Å². The molecule has 1 heterocycles. The van der Waals surface area contributed by atoms with Gasteiger partial charge in [-0.25, -0.2) is 0 Å². The molecular weight excluding hydrogens is 282 g/mol. The first-order valence-corrected chi connectivity index (χ1v) is 7.89. The summed E-state index contributed by atoms with van der Waals surface area (Å²) >= 11 is 0. The van der Waals surface area contributed by atoms with Gasteiger partial charge in [0.2, 0.25) is 0 Å². The van der Waals surface area contributed by atoms with E-state index in [0.29, 0.717) is 6.61 Å². The fraction of sp³-hybridized carbons (Fsp3) is 0.588. The second-order valence-electron chi connectivity index (χ2n) is 5.62. The van der Waals surface area contributed by atoms with E-state index in [4.69, 9.17) is 14.2 Å². The molecule has 22 heavy (non-hydrogen) atoms. The second-order valence-corrected chi connectivity index (χ2v) is 5.62. The first-order valence-electron chi connectivity index (χ1n) is 7.89. The molecule has 0 saturated carbocycles. The van der Waals surface area contributed by atoms with Gasteiger partial charge >= 0.3 is 5.97 Å². The highest BCUT2D eigenvalue weighted by atomic mass is 16.5. The molecule has 0 aliphatic carbocycles. The second kappa shape index (κ2) is 8.03. The number of likely N-dealkylation sites (tertiary alicyclic amines) is 1. The molecule has 0 aromatic heterocycles. The van der Waals surface area contributed by atoms with Crippen LogP contribution in [0.2, 0.25) is 0 Å². The average molecular weight is 308 g/mol. The first-order chi connectivity index (χ1) is 10.7. The molecule has 0 amide bonds. The number of carbonyl (C=O) groups excluding carboxylic acids is 1. The normalized spacial score (nSPS) is 21.2. The van der Waals surface area contributed by atoms with E-state index in [0.717, 1.165) is 49.5 Å². The Morgan fingerprint density at radius 3 is 2.82 bits per heavy atom. The minimum atomic E-state index is -0.0580. The van der Waals surface area contributed by atoms with Gasteiger partial charge in [0, 0.05) is 0 Å². The van der Waals surface area contributed by atoms with E-state index in [9.17, 15) is 4.79 Å². The number of hydrogen-bond donors (Lipinski definition) is 1. The largest absolute Gasteiger partial charge is 0.493 e. The molecule has 2 atom stereocenters. The first kappa shape index (κ1) is 16.6. The van der Waals surface area contributed by atoms with Crippen LogP contribution < -0.4 is 14.4 Å². The van der Waals surface area contributed by atoms with E-state index in [1.807, 2.05) is 19.1 Å². The van der Waals surface area contributed by atoms with E-state index in [2.05, 4.69) is 6.07 Å². The van der Waals surface area contributed by atoms with Gasteiger partial charge in [-0.05, 0) is 31.9 Å². The topological polar surface area (TPSA) is 49.2 Å². The highest BCUT2D eigenvalue weighted by Crippen LogP contribution is 2.30. The molecule has 1 fully saturated rings. The number of ether oxygens (including phenoxy) is 3. The monoisotopic (exact) mass is 308 g/mol. The summed E-state index contributed by atoms with van der Waals surface area (Å²) in [5.74, 6) is 1.49. The van der Waals surface area contributed by atoms with Crippen molar-refractivity contribution in [2.45, 2.75) is 26.3 Å². The molecule has 1 aliphatic rings. The van der Waals surface area contributed by atoms with Crippen molar-refractivity contribution in [3.63, 3.8) is 0 Å². The highest BCUT2D eigenvalue weighted by molar-refractivity contribution is 5.72. The zero-order valence-corrected chi connectivity index (χ0v) is 13.7. The number of rotatable bonds is 6. The standard InChI is InChI=1S/C17H25NO4/c1-4-22-17(19)14-8-6-10-18(12-14)11-13-7-5-9-15(20-2)16(13)21-3/h5,7,9,14H,4,6,8,10-12H2,1-3H3/p+1/t14-/m0/s1. The summed E-state index contributed by atoms with van der Waals surface area (Å²) in [7, 11) is 3.31. The van der Waals surface area contributed by atoms with Gasteiger partial charge in [-0.3, -0.25) is 4.79 Å². The molecule has 1 aliphatic heterocycles. The lowest BCUT2D eigenvalue weighted by Gasteiger charge is -2.29. The quantitative estimate of drug-likeness (QED) is 0.799. The maximum absolute atomic E-state index is 11.9. The van der Waals surface area contributed by atoms with Gasteiger partial charge in [0.1, 0.15) is 12.5 Å². The van der Waals surface area contributed by atoms with Crippen molar-refractivity contribution in [1.29, 1.82) is 0 Å². The van der Waals surface area contributed by atoms with Gasteiger partial charge in [0.25, 0.3) is 0 Å². The van der Waals surface area contributed by atoms with E-state index in [1.165, 1.54) is 4.90 Å². The number of carbonyl (C=O) groups is 1. The average Bonchev–Trinajstić information content (AvgIpc) is 2.55. The fourth-order valence-electron chi connectivity index (χ4n) is 3.14. The number of quaternary nitrogens is 1. The number of nitrogens with one attached hydrogen (secondary N) is 1. The molecule has 1 saturated heterocycles. The summed E-state index contributed by atoms with van der Waals surface area (Å²) in [5.41, 5.74) is 1.11. The zero-order valence-electron chi connectivity index (χ0n) is 13.7. The van der Waals surface area contributed by atoms with Crippen molar-refractivity contribution < 1.29 is 23.9 Å². The van der Waals surface area contributed by atoms with Crippen LogP contribution in [-0.4, -0.2) is 39.9 Å². The van der Waals surface area contributed by atoms with Crippen molar-refractivity contribution in [3.05, 3.63) is 23.8 Å². The Kier molecular flexibility index (Phi) is 6.07. The van der Waals surface area contributed by atoms with Crippen LogP contribution in [-0.2, 0) is 16.1 Å². The van der Waals surface area contributed by atoms with Gasteiger partial charge < -0.3 is 19.1 Å². The SMILES string of the molecule is CCOC(=O)[C@H]1CCC[NH+](Cc2cccc(OC)c2OC)C1. The Bertz CT molecular complexity index is 503. The summed E-state index contributed by atoms with van der Waals surface area (Å²) in [6.07, 6.45) is 1.97. The molecule has 5 nitrogen and oxygen atoms in total. The number of hydrogen-bond acceptors (Lipinski definition) is 4. The molecule has 1 N–H and O–H groups in total. The summed E-state index contributed by atoms with van der Waals surface area (Å²) < 4.78 is 16.0. The zero-order chi connectivity index (χ0) is 15.9. The van der Waals surface area contributed by atoms with Crippen LogP contribution in [0.15, 0.2) is 18.2 Å². The Balaban J connectivity index is 2.06. The Hall–Kier alpha value is -1.75. The van der Waals surface area contributed by atoms with Crippen LogP contribution >= 0.6 is 0 Å². The van der Waals surface area contributed by atoms with Gasteiger partial charge in [-0.15, -0.1) is 0 Å². The van der Waals surface area contributed by atoms with E-state index < -0.39 is 0 Å².